The first kappa shape index (κ1) is 16.8. The summed E-state index contributed by atoms with van der Waals surface area (Å²) >= 11 is 0. The largest absolute Gasteiger partial charge is 0.247 e. The number of hydrogen-bond acceptors (Lipinski definition) is 1. The molecule has 1 aromatic heterocycles. The predicted molar refractivity (Wildman–Crippen MR) is 113 cm³/mol. The number of benzene rings is 3. The maximum atomic E-state index is 5.09. The zero-order valence-corrected chi connectivity index (χ0v) is 16.5. The Bertz CT molecular complexity index is 1100. The number of aromatic nitrogens is 1. The summed E-state index contributed by atoms with van der Waals surface area (Å²) in [6.07, 6.45) is 0. The summed E-state index contributed by atoms with van der Waals surface area (Å²) in [5.74, 6) is 0. The molecule has 4 aromatic rings. The zero-order chi connectivity index (χ0) is 18.6. The van der Waals surface area contributed by atoms with Gasteiger partial charge in [0.1, 0.15) is 0 Å². The van der Waals surface area contributed by atoms with Crippen molar-refractivity contribution in [3.05, 3.63) is 75.8 Å². The van der Waals surface area contributed by atoms with Crippen LogP contribution in [0.15, 0.2) is 42.5 Å². The van der Waals surface area contributed by atoms with Gasteiger partial charge in [0.15, 0.2) is 0 Å². The van der Waals surface area contributed by atoms with E-state index in [1.165, 1.54) is 55.3 Å². The molecule has 0 fully saturated rings. The van der Waals surface area contributed by atoms with Gasteiger partial charge in [-0.1, -0.05) is 52.6 Å². The van der Waals surface area contributed by atoms with E-state index in [0.29, 0.717) is 0 Å². The van der Waals surface area contributed by atoms with Crippen LogP contribution in [-0.4, -0.2) is 4.98 Å². The Hall–Kier alpha value is -2.67. The van der Waals surface area contributed by atoms with Gasteiger partial charge in [-0.15, -0.1) is 0 Å². The van der Waals surface area contributed by atoms with Gasteiger partial charge in [0.05, 0.1) is 11.0 Å². The van der Waals surface area contributed by atoms with Crippen molar-refractivity contribution in [2.45, 2.75) is 41.5 Å². The Balaban J connectivity index is 2.29. The quantitative estimate of drug-likeness (QED) is 0.343. The van der Waals surface area contributed by atoms with Crippen LogP contribution in [0.1, 0.15) is 33.4 Å². The van der Waals surface area contributed by atoms with Crippen LogP contribution in [0.2, 0.25) is 0 Å². The minimum absolute atomic E-state index is 1.12. The molecule has 0 aliphatic heterocycles. The van der Waals surface area contributed by atoms with Crippen molar-refractivity contribution in [2.75, 3.05) is 0 Å². The van der Waals surface area contributed by atoms with Crippen molar-refractivity contribution in [1.82, 2.24) is 4.98 Å². The smallest absolute Gasteiger partial charge is 0.0745 e. The van der Waals surface area contributed by atoms with Crippen LogP contribution in [0.4, 0.5) is 0 Å². The van der Waals surface area contributed by atoms with Gasteiger partial charge in [-0.05, 0) is 70.4 Å². The molecule has 0 aliphatic rings. The monoisotopic (exact) mass is 339 g/mol. The highest BCUT2D eigenvalue weighted by Gasteiger charge is 2.15. The Kier molecular flexibility index (Phi) is 3.84. The number of hydrogen-bond donors (Lipinski definition) is 0. The van der Waals surface area contributed by atoms with Crippen molar-refractivity contribution in [3.63, 3.8) is 0 Å². The summed E-state index contributed by atoms with van der Waals surface area (Å²) in [6, 6.07) is 15.9. The zero-order valence-electron chi connectivity index (χ0n) is 16.5. The Morgan fingerprint density at radius 2 is 0.923 bits per heavy atom. The van der Waals surface area contributed by atoms with Crippen molar-refractivity contribution < 1.29 is 0 Å². The molecule has 0 atom stereocenters. The summed E-state index contributed by atoms with van der Waals surface area (Å²) in [5.41, 5.74) is 12.5. The molecular formula is C25H25N. The number of fused-ring (bicyclic) bond motifs is 2. The highest BCUT2D eigenvalue weighted by molar-refractivity contribution is 6.11. The number of nitrogens with zero attached hydrogens (tertiary/aromatic N) is 1. The standard InChI is InChI=1S/C25H25N/c1-14-7-15(2)11-20(10-14)23-21-12-16(3)8-18(5)24(21)26-25-19(6)9-17(4)13-22(23)25/h7-13H,1-6H3. The van der Waals surface area contributed by atoms with Crippen LogP contribution in [0, 0.1) is 41.5 Å². The first-order chi connectivity index (χ1) is 12.3. The van der Waals surface area contributed by atoms with Gasteiger partial charge in [0.2, 0.25) is 0 Å². The molecule has 0 spiro atoms. The van der Waals surface area contributed by atoms with Crippen molar-refractivity contribution in [2.24, 2.45) is 0 Å². The van der Waals surface area contributed by atoms with Gasteiger partial charge in [-0.25, -0.2) is 4.98 Å². The van der Waals surface area contributed by atoms with Crippen LogP contribution >= 0.6 is 0 Å². The Morgan fingerprint density at radius 1 is 0.500 bits per heavy atom. The summed E-state index contributed by atoms with van der Waals surface area (Å²) < 4.78 is 0. The Labute approximate surface area is 155 Å². The maximum absolute atomic E-state index is 5.09. The molecule has 1 nitrogen and oxygen atoms in total. The van der Waals surface area contributed by atoms with Gasteiger partial charge in [0.25, 0.3) is 0 Å². The molecule has 1 heterocycles. The van der Waals surface area contributed by atoms with Gasteiger partial charge < -0.3 is 0 Å². The highest BCUT2D eigenvalue weighted by Crippen LogP contribution is 2.38. The molecule has 0 saturated carbocycles. The van der Waals surface area contributed by atoms with Crippen LogP contribution in [0.25, 0.3) is 32.9 Å². The molecule has 130 valence electrons. The van der Waals surface area contributed by atoms with E-state index >= 15 is 0 Å². The predicted octanol–water partition coefficient (Wildman–Crippen LogP) is 6.91. The second-order valence-electron chi connectivity index (χ2n) is 7.82. The molecular weight excluding hydrogens is 314 g/mol. The molecule has 0 aliphatic carbocycles. The van der Waals surface area contributed by atoms with E-state index in [1.807, 2.05) is 0 Å². The minimum Gasteiger partial charge on any atom is -0.247 e. The van der Waals surface area contributed by atoms with Gasteiger partial charge in [0, 0.05) is 16.3 Å². The van der Waals surface area contributed by atoms with E-state index in [9.17, 15) is 0 Å². The second kappa shape index (κ2) is 5.95. The average molecular weight is 339 g/mol. The summed E-state index contributed by atoms with van der Waals surface area (Å²) in [7, 11) is 0. The summed E-state index contributed by atoms with van der Waals surface area (Å²) in [4.78, 5) is 5.09. The van der Waals surface area contributed by atoms with Crippen LogP contribution in [0.3, 0.4) is 0 Å². The van der Waals surface area contributed by atoms with Crippen molar-refractivity contribution in [3.8, 4) is 11.1 Å². The van der Waals surface area contributed by atoms with Crippen LogP contribution in [-0.2, 0) is 0 Å². The van der Waals surface area contributed by atoms with E-state index < -0.39 is 0 Å². The number of pyridine rings is 1. The van der Waals surface area contributed by atoms with Gasteiger partial charge in [-0.2, -0.15) is 0 Å². The van der Waals surface area contributed by atoms with Gasteiger partial charge >= 0.3 is 0 Å². The normalized spacial score (nSPS) is 11.5. The minimum atomic E-state index is 1.12. The molecule has 0 N–H and O–H groups in total. The lowest BCUT2D eigenvalue weighted by Gasteiger charge is -2.16. The summed E-state index contributed by atoms with van der Waals surface area (Å²) in [6.45, 7) is 13.0. The fourth-order valence-electron chi connectivity index (χ4n) is 4.28. The molecule has 0 unspecified atom stereocenters. The second-order valence-corrected chi connectivity index (χ2v) is 7.82. The van der Waals surface area contributed by atoms with Gasteiger partial charge in [-0.3, -0.25) is 0 Å². The molecule has 0 radical (unpaired) electrons. The first-order valence-electron chi connectivity index (χ1n) is 9.24. The topological polar surface area (TPSA) is 12.9 Å². The van der Waals surface area contributed by atoms with E-state index in [0.717, 1.165) is 11.0 Å². The molecule has 3 aromatic carbocycles. The third-order valence-electron chi connectivity index (χ3n) is 5.16. The lowest BCUT2D eigenvalue weighted by atomic mass is 9.90. The molecule has 0 saturated heterocycles. The first-order valence-corrected chi connectivity index (χ1v) is 9.24. The molecule has 4 rings (SSSR count). The number of aryl methyl sites for hydroxylation is 6. The van der Waals surface area contributed by atoms with Crippen LogP contribution in [0.5, 0.6) is 0 Å². The lowest BCUT2D eigenvalue weighted by Crippen LogP contribution is -1.95. The lowest BCUT2D eigenvalue weighted by molar-refractivity contribution is 1.34. The number of rotatable bonds is 1. The third-order valence-corrected chi connectivity index (χ3v) is 5.16. The third kappa shape index (κ3) is 2.68. The SMILES string of the molecule is Cc1cc(C)cc(-c2c3cc(C)cc(C)c3nc3c(C)cc(C)cc23)c1. The van der Waals surface area contributed by atoms with E-state index in [2.05, 4.69) is 84.0 Å². The maximum Gasteiger partial charge on any atom is 0.0745 e. The molecule has 0 amide bonds. The fourth-order valence-corrected chi connectivity index (χ4v) is 4.28. The van der Waals surface area contributed by atoms with E-state index in [1.54, 1.807) is 0 Å². The van der Waals surface area contributed by atoms with E-state index in [4.69, 9.17) is 4.98 Å². The summed E-state index contributed by atoms with van der Waals surface area (Å²) in [5, 5.41) is 2.51. The Morgan fingerprint density at radius 3 is 1.38 bits per heavy atom. The fraction of sp³-hybridized carbons (Fsp3) is 0.240. The average Bonchev–Trinajstić information content (AvgIpc) is 2.52. The molecule has 1 heteroatoms. The van der Waals surface area contributed by atoms with Crippen molar-refractivity contribution in [1.29, 1.82) is 0 Å². The molecule has 0 bridgehead atoms. The van der Waals surface area contributed by atoms with Crippen LogP contribution < -0.4 is 0 Å². The van der Waals surface area contributed by atoms with Crippen molar-refractivity contribution >= 4 is 21.8 Å². The van der Waals surface area contributed by atoms with E-state index in [-0.39, 0.29) is 0 Å². The highest BCUT2D eigenvalue weighted by atomic mass is 14.7. The molecule has 26 heavy (non-hydrogen) atoms.